The van der Waals surface area contributed by atoms with Crippen LogP contribution in [0.3, 0.4) is 0 Å². The zero-order valence-electron chi connectivity index (χ0n) is 10.8. The Morgan fingerprint density at radius 3 is 2.80 bits per heavy atom. The highest BCUT2D eigenvalue weighted by Gasteiger charge is 2.48. The summed E-state index contributed by atoms with van der Waals surface area (Å²) in [6.45, 7) is 0. The number of fused-ring (bicyclic) bond motifs is 1. The third-order valence-corrected chi connectivity index (χ3v) is 5.30. The van der Waals surface area contributed by atoms with Crippen LogP contribution in [0.4, 0.5) is 5.00 Å². The molecular weight excluding hydrogens is 276 g/mol. The van der Waals surface area contributed by atoms with Crippen molar-refractivity contribution in [1.82, 2.24) is 0 Å². The van der Waals surface area contributed by atoms with Gasteiger partial charge in [0.05, 0.1) is 16.5 Å². The van der Waals surface area contributed by atoms with Crippen LogP contribution in [0.5, 0.6) is 0 Å². The number of nitriles is 1. The van der Waals surface area contributed by atoms with Gasteiger partial charge in [-0.15, -0.1) is 11.3 Å². The van der Waals surface area contributed by atoms with E-state index in [2.05, 4.69) is 6.07 Å². The van der Waals surface area contributed by atoms with Crippen molar-refractivity contribution in [2.75, 3.05) is 5.73 Å². The average Bonchev–Trinajstić information content (AvgIpc) is 3.14. The molecule has 0 saturated heterocycles. The number of carboxylic acid groups (broad SMARTS) is 1. The first-order chi connectivity index (χ1) is 9.48. The summed E-state index contributed by atoms with van der Waals surface area (Å²) in [5.41, 5.74) is 5.33. The Labute approximate surface area is 120 Å². The van der Waals surface area contributed by atoms with Gasteiger partial charge in [0.15, 0.2) is 5.78 Å². The van der Waals surface area contributed by atoms with Crippen LogP contribution >= 0.6 is 11.3 Å². The molecule has 1 heterocycles. The zero-order chi connectivity index (χ0) is 14.5. The van der Waals surface area contributed by atoms with Gasteiger partial charge >= 0.3 is 5.97 Å². The molecule has 0 aliphatic heterocycles. The summed E-state index contributed by atoms with van der Waals surface area (Å²) < 4.78 is 0. The highest BCUT2D eigenvalue weighted by atomic mass is 32.1. The fraction of sp³-hybridized carbons (Fsp3) is 0.500. The molecule has 1 fully saturated rings. The van der Waals surface area contributed by atoms with E-state index in [0.717, 1.165) is 24.2 Å². The molecule has 20 heavy (non-hydrogen) atoms. The number of nitrogen functional groups attached to an aromatic ring is 1. The fourth-order valence-electron chi connectivity index (χ4n) is 2.97. The molecule has 0 radical (unpaired) electrons. The van der Waals surface area contributed by atoms with Crippen LogP contribution in [0.15, 0.2) is 0 Å². The Morgan fingerprint density at radius 2 is 2.25 bits per heavy atom. The SMILES string of the molecule is N#CC1(CC2CC2)CCc2c(sc(N)c2C(=O)O)C1=O. The molecule has 6 heteroatoms. The zero-order valence-corrected chi connectivity index (χ0v) is 11.6. The summed E-state index contributed by atoms with van der Waals surface area (Å²) in [7, 11) is 0. The average molecular weight is 290 g/mol. The maximum Gasteiger partial charge on any atom is 0.338 e. The quantitative estimate of drug-likeness (QED) is 0.889. The smallest absolute Gasteiger partial charge is 0.338 e. The molecule has 2 aliphatic rings. The number of anilines is 1. The first kappa shape index (κ1) is 13.1. The second-order valence-corrected chi connectivity index (χ2v) is 6.68. The lowest BCUT2D eigenvalue weighted by molar-refractivity contribution is 0.0697. The normalized spacial score (nSPS) is 25.1. The van der Waals surface area contributed by atoms with Gasteiger partial charge in [-0.25, -0.2) is 4.79 Å². The molecule has 3 rings (SSSR count). The summed E-state index contributed by atoms with van der Waals surface area (Å²) in [6.07, 6.45) is 3.61. The molecule has 1 saturated carbocycles. The Kier molecular flexibility index (Phi) is 2.83. The van der Waals surface area contributed by atoms with E-state index < -0.39 is 11.4 Å². The third-order valence-electron chi connectivity index (χ3n) is 4.24. The number of nitrogens with two attached hydrogens (primary N) is 1. The van der Waals surface area contributed by atoms with Crippen molar-refractivity contribution in [3.05, 3.63) is 16.0 Å². The highest BCUT2D eigenvalue weighted by molar-refractivity contribution is 7.18. The van der Waals surface area contributed by atoms with Crippen molar-refractivity contribution >= 4 is 28.1 Å². The van der Waals surface area contributed by atoms with Crippen molar-refractivity contribution in [2.45, 2.75) is 32.1 Å². The number of carbonyl (C=O) groups excluding carboxylic acids is 1. The maximum absolute atomic E-state index is 12.7. The van der Waals surface area contributed by atoms with Crippen LogP contribution in [-0.2, 0) is 6.42 Å². The summed E-state index contributed by atoms with van der Waals surface area (Å²) >= 11 is 1.01. The molecule has 1 unspecified atom stereocenters. The van der Waals surface area contributed by atoms with Crippen molar-refractivity contribution in [3.8, 4) is 6.07 Å². The van der Waals surface area contributed by atoms with Gasteiger partial charge in [-0.2, -0.15) is 5.26 Å². The number of carboxylic acids is 1. The Bertz CT molecular complexity index is 654. The molecule has 1 aromatic heterocycles. The number of carbonyl (C=O) groups is 2. The Balaban J connectivity index is 2.05. The topological polar surface area (TPSA) is 104 Å². The van der Waals surface area contributed by atoms with Crippen molar-refractivity contribution in [2.24, 2.45) is 11.3 Å². The molecule has 0 bridgehead atoms. The van der Waals surface area contributed by atoms with Crippen LogP contribution in [0, 0.1) is 22.7 Å². The van der Waals surface area contributed by atoms with Gasteiger partial charge in [-0.1, -0.05) is 12.8 Å². The standard InChI is InChI=1S/C14H14N2O3S/c15-6-14(5-7-1-2-7)4-3-8-9(13(18)19)12(16)20-10(8)11(14)17/h7H,1-5,16H2,(H,18,19). The summed E-state index contributed by atoms with van der Waals surface area (Å²) in [6, 6.07) is 2.21. The van der Waals surface area contributed by atoms with Crippen LogP contribution in [0.25, 0.3) is 0 Å². The van der Waals surface area contributed by atoms with E-state index >= 15 is 0 Å². The molecule has 1 atom stereocenters. The predicted octanol–water partition coefficient (Wildman–Crippen LogP) is 2.47. The molecule has 1 aromatic rings. The molecule has 104 valence electrons. The molecule has 0 spiro atoms. The summed E-state index contributed by atoms with van der Waals surface area (Å²) in [5.74, 6) is -0.854. The molecule has 3 N–H and O–H groups in total. The number of aromatic carboxylic acids is 1. The molecule has 2 aliphatic carbocycles. The van der Waals surface area contributed by atoms with Gasteiger partial charge < -0.3 is 10.8 Å². The first-order valence-electron chi connectivity index (χ1n) is 6.59. The minimum Gasteiger partial charge on any atom is -0.478 e. The lowest BCUT2D eigenvalue weighted by Gasteiger charge is -2.29. The van der Waals surface area contributed by atoms with E-state index in [1.807, 2.05) is 0 Å². The Hall–Kier alpha value is -1.87. The number of rotatable bonds is 3. The highest BCUT2D eigenvalue weighted by Crippen LogP contribution is 2.49. The van der Waals surface area contributed by atoms with Gasteiger partial charge in [0, 0.05) is 0 Å². The fourth-order valence-corrected chi connectivity index (χ4v) is 4.12. The number of nitrogens with zero attached hydrogens (tertiary/aromatic N) is 1. The Morgan fingerprint density at radius 1 is 1.55 bits per heavy atom. The van der Waals surface area contributed by atoms with E-state index in [9.17, 15) is 20.0 Å². The minimum absolute atomic E-state index is 0.0521. The van der Waals surface area contributed by atoms with Gasteiger partial charge in [-0.3, -0.25) is 4.79 Å². The van der Waals surface area contributed by atoms with Crippen molar-refractivity contribution in [1.29, 1.82) is 5.26 Å². The van der Waals surface area contributed by atoms with E-state index in [0.29, 0.717) is 35.6 Å². The lowest BCUT2D eigenvalue weighted by atomic mass is 9.70. The van der Waals surface area contributed by atoms with E-state index in [4.69, 9.17) is 5.73 Å². The minimum atomic E-state index is -1.10. The predicted molar refractivity (Wildman–Crippen MR) is 73.7 cm³/mol. The van der Waals surface area contributed by atoms with Crippen LogP contribution in [0.2, 0.25) is 0 Å². The van der Waals surface area contributed by atoms with Crippen LogP contribution in [0.1, 0.15) is 51.3 Å². The van der Waals surface area contributed by atoms with E-state index in [1.165, 1.54) is 0 Å². The van der Waals surface area contributed by atoms with Crippen molar-refractivity contribution in [3.63, 3.8) is 0 Å². The maximum atomic E-state index is 12.7. The molecule has 0 amide bonds. The van der Waals surface area contributed by atoms with Gasteiger partial charge in [0.1, 0.15) is 10.4 Å². The van der Waals surface area contributed by atoms with Gasteiger partial charge in [0.2, 0.25) is 0 Å². The monoisotopic (exact) mass is 290 g/mol. The molecule has 5 nitrogen and oxygen atoms in total. The van der Waals surface area contributed by atoms with Crippen LogP contribution in [-0.4, -0.2) is 16.9 Å². The largest absolute Gasteiger partial charge is 0.478 e. The lowest BCUT2D eigenvalue weighted by Crippen LogP contribution is -2.34. The second kappa shape index (κ2) is 4.32. The number of ketones is 1. The third kappa shape index (κ3) is 1.81. The van der Waals surface area contributed by atoms with E-state index in [-0.39, 0.29) is 16.3 Å². The van der Waals surface area contributed by atoms with Gasteiger partial charge in [-0.05, 0) is 30.7 Å². The van der Waals surface area contributed by atoms with Crippen molar-refractivity contribution < 1.29 is 14.7 Å². The summed E-state index contributed by atoms with van der Waals surface area (Å²) in [4.78, 5) is 24.3. The second-order valence-electron chi connectivity index (χ2n) is 5.62. The molecule has 0 aromatic carbocycles. The van der Waals surface area contributed by atoms with Gasteiger partial charge in [0.25, 0.3) is 0 Å². The molecular formula is C14H14N2O3S. The first-order valence-corrected chi connectivity index (χ1v) is 7.40. The number of thiophene rings is 1. The number of hydrogen-bond acceptors (Lipinski definition) is 5. The van der Waals surface area contributed by atoms with Crippen LogP contribution < -0.4 is 5.73 Å². The number of hydrogen-bond donors (Lipinski definition) is 2. The summed E-state index contributed by atoms with van der Waals surface area (Å²) in [5, 5.41) is 18.8. The van der Waals surface area contributed by atoms with E-state index in [1.54, 1.807) is 0 Å². The number of Topliss-reactive ketones (excluding diaryl/α,β-unsaturated/α-hetero) is 1.